The van der Waals surface area contributed by atoms with Gasteiger partial charge in [-0.2, -0.15) is 0 Å². The first-order valence-corrected chi connectivity index (χ1v) is 3.84. The summed E-state index contributed by atoms with van der Waals surface area (Å²) in [7, 11) is 0. The average Bonchev–Trinajstić information content (AvgIpc) is 2.17. The minimum atomic E-state index is -2.33. The summed E-state index contributed by atoms with van der Waals surface area (Å²) in [6.45, 7) is 0. The molecule has 1 rings (SSSR count). The molecule has 0 N–H and O–H groups in total. The van der Waals surface area contributed by atoms with Crippen LogP contribution in [0.5, 0.6) is 0 Å². The quantitative estimate of drug-likeness (QED) is 0.401. The summed E-state index contributed by atoms with van der Waals surface area (Å²) in [6.07, 6.45) is -7.00. The first-order chi connectivity index (χ1) is 8.20. The number of hydrogen-bond acceptors (Lipinski definition) is 9. The molecule has 1 aromatic rings. The number of rotatable bonds is 0. The van der Waals surface area contributed by atoms with E-state index < -0.39 is 18.5 Å². The first-order valence-electron chi connectivity index (χ1n) is 3.84. The van der Waals surface area contributed by atoms with Crippen molar-refractivity contribution in [2.75, 3.05) is 0 Å². The number of carbonyl (C=O) groups is 3. The normalized spacial score (nSPS) is 6.00. The van der Waals surface area contributed by atoms with E-state index in [-0.39, 0.29) is 34.1 Å². The molecule has 1 aromatic carbocycles. The van der Waals surface area contributed by atoms with Gasteiger partial charge in [0.1, 0.15) is 0 Å². The fraction of sp³-hybridized carbons (Fsp3) is 0. The smallest absolute Gasteiger partial charge is 0.652 e. The van der Waals surface area contributed by atoms with Gasteiger partial charge in [-0.3, -0.25) is 0 Å². The zero-order valence-corrected chi connectivity index (χ0v) is 11.6. The van der Waals surface area contributed by atoms with E-state index in [0.717, 1.165) is 0 Å². The number of benzene rings is 1. The summed E-state index contributed by atoms with van der Waals surface area (Å²) in [5.74, 6) is 0. The average molecular weight is 370 g/mol. The zero-order valence-electron chi connectivity index (χ0n) is 9.35. The van der Waals surface area contributed by atoms with Gasteiger partial charge in [0.15, 0.2) is 0 Å². The first kappa shape index (κ1) is 30.8. The van der Waals surface area contributed by atoms with E-state index in [0.29, 0.717) is 0 Å². The summed E-state index contributed by atoms with van der Waals surface area (Å²) >= 11 is 0. The van der Waals surface area contributed by atoms with Crippen molar-refractivity contribution in [3.05, 3.63) is 36.4 Å². The summed E-state index contributed by atoms with van der Waals surface area (Å²) in [5, 5.41) is 50.0. The monoisotopic (exact) mass is 370 g/mol. The van der Waals surface area contributed by atoms with Gasteiger partial charge in [0.25, 0.3) is 0 Å². The van der Waals surface area contributed by atoms with Gasteiger partial charge in [-0.05, 0) is 18.5 Å². The molecule has 0 atom stereocenters. The molecule has 11 heteroatoms. The Labute approximate surface area is 134 Å². The fourth-order valence-corrected chi connectivity index (χ4v) is 0.385. The van der Waals surface area contributed by atoms with Crippen molar-refractivity contribution in [1.29, 1.82) is 0 Å². The Morgan fingerprint density at radius 3 is 0.550 bits per heavy atom. The van der Waals surface area contributed by atoms with Crippen LogP contribution in [0, 0.1) is 0 Å². The Morgan fingerprint density at radius 2 is 0.500 bits per heavy atom. The van der Waals surface area contributed by atoms with Gasteiger partial charge < -0.3 is 45.0 Å². The summed E-state index contributed by atoms with van der Waals surface area (Å²) in [5.41, 5.74) is 0. The molecular weight excluding hydrogens is 364 g/mol. The third kappa shape index (κ3) is 220. The second-order valence-electron chi connectivity index (χ2n) is 1.90. The molecule has 0 bridgehead atoms. The van der Waals surface area contributed by atoms with Crippen molar-refractivity contribution in [3.8, 4) is 0 Å². The molecule has 112 valence electrons. The Kier molecular flexibility index (Phi) is 39.8. The maximum Gasteiger partial charge on any atom is 3.00 e. The van der Waals surface area contributed by atoms with Crippen LogP contribution >= 0.6 is 0 Å². The van der Waals surface area contributed by atoms with Gasteiger partial charge in [0.2, 0.25) is 0 Å². The summed E-state index contributed by atoms with van der Waals surface area (Å²) < 4.78 is 0. The minimum absolute atomic E-state index is 0. The van der Waals surface area contributed by atoms with Crippen LogP contribution in [0.4, 0.5) is 14.4 Å². The van der Waals surface area contributed by atoms with Gasteiger partial charge >= 0.3 is 34.1 Å². The second-order valence-corrected chi connectivity index (χ2v) is 1.90. The Bertz CT molecular complexity index is 264. The molecule has 0 aromatic heterocycles. The third-order valence-electron chi connectivity index (χ3n) is 0.667. The maximum atomic E-state index is 8.33. The van der Waals surface area contributed by atoms with Crippen LogP contribution in [0.2, 0.25) is 0 Å². The van der Waals surface area contributed by atoms with E-state index in [1.165, 1.54) is 0 Å². The molecule has 0 fully saturated rings. The molecule has 20 heavy (non-hydrogen) atoms. The molecule has 0 heterocycles. The molecule has 9 nitrogen and oxygen atoms in total. The van der Waals surface area contributed by atoms with Gasteiger partial charge in [-0.15, -0.1) is 0 Å². The molecule has 0 saturated carbocycles. The van der Waals surface area contributed by atoms with Crippen LogP contribution in [0.3, 0.4) is 0 Å². The van der Waals surface area contributed by atoms with Crippen molar-refractivity contribution in [3.63, 3.8) is 0 Å². The van der Waals surface area contributed by atoms with Crippen LogP contribution in [-0.2, 0) is 34.1 Å². The molecule has 0 aliphatic rings. The zero-order chi connectivity index (χ0) is 15.0. The minimum Gasteiger partial charge on any atom is -0.652 e. The van der Waals surface area contributed by atoms with Crippen molar-refractivity contribution < 1.29 is 79.2 Å². The molecule has 0 amide bonds. The predicted octanol–water partition coefficient (Wildman–Crippen LogP) is -5.66. The standard InChI is InChI=1S/C6H6.3CH2O3.2Fe/c1-2-4-6-5-3-1;3*2-1(3)4;;/h1-6H;3*(H2,2,3,4);;/q;;;;2*+3/p-6. The van der Waals surface area contributed by atoms with Crippen molar-refractivity contribution in [2.24, 2.45) is 0 Å². The molecule has 0 spiro atoms. The van der Waals surface area contributed by atoms with Crippen LogP contribution in [-0.4, -0.2) is 18.5 Å². The Morgan fingerprint density at radius 1 is 0.450 bits per heavy atom. The molecule has 0 unspecified atom stereocenters. The van der Waals surface area contributed by atoms with E-state index in [2.05, 4.69) is 0 Å². The number of carboxylic acid groups (broad SMARTS) is 6. The third-order valence-corrected chi connectivity index (χ3v) is 0.667. The maximum absolute atomic E-state index is 8.33. The van der Waals surface area contributed by atoms with Gasteiger partial charge in [-0.25, -0.2) is 0 Å². The molecule has 0 aliphatic carbocycles. The summed E-state index contributed by atoms with van der Waals surface area (Å²) in [6, 6.07) is 12.0. The van der Waals surface area contributed by atoms with E-state index in [1.807, 2.05) is 36.4 Å². The van der Waals surface area contributed by atoms with Crippen LogP contribution in [0.15, 0.2) is 36.4 Å². The fourth-order valence-electron chi connectivity index (χ4n) is 0.385. The van der Waals surface area contributed by atoms with Crippen molar-refractivity contribution in [1.82, 2.24) is 0 Å². The molecule has 0 aliphatic heterocycles. The van der Waals surface area contributed by atoms with Crippen molar-refractivity contribution >= 4 is 18.5 Å². The summed E-state index contributed by atoms with van der Waals surface area (Å²) in [4.78, 5) is 25.0. The van der Waals surface area contributed by atoms with Crippen LogP contribution in [0.1, 0.15) is 0 Å². The van der Waals surface area contributed by atoms with Crippen LogP contribution in [0.25, 0.3) is 0 Å². The van der Waals surface area contributed by atoms with E-state index in [1.54, 1.807) is 0 Å². The molecule has 2 radical (unpaired) electrons. The van der Waals surface area contributed by atoms with E-state index in [4.69, 9.17) is 45.0 Å². The topological polar surface area (TPSA) is 190 Å². The van der Waals surface area contributed by atoms with E-state index >= 15 is 0 Å². The second kappa shape index (κ2) is 25.8. The molecule has 0 saturated heterocycles. The van der Waals surface area contributed by atoms with E-state index in [9.17, 15) is 0 Å². The number of hydrogen-bond donors (Lipinski definition) is 0. The SMILES string of the molecule is O=C([O-])[O-].O=C([O-])[O-].O=C([O-])[O-].[Fe+3].[Fe+3].c1ccccc1. The van der Waals surface area contributed by atoms with Gasteiger partial charge in [0, 0.05) is 0 Å². The van der Waals surface area contributed by atoms with Gasteiger partial charge in [0.05, 0.1) is 0 Å². The van der Waals surface area contributed by atoms with Crippen LogP contribution < -0.4 is 30.6 Å². The number of carbonyl (C=O) groups excluding carboxylic acids is 3. The molecular formula is C9H6Fe2O9. The predicted molar refractivity (Wildman–Crippen MR) is 42.6 cm³/mol. The van der Waals surface area contributed by atoms with Crippen molar-refractivity contribution in [2.45, 2.75) is 0 Å². The Balaban J connectivity index is -0.0000000496. The van der Waals surface area contributed by atoms with Gasteiger partial charge in [-0.1, -0.05) is 36.4 Å². The largest absolute Gasteiger partial charge is 3.00 e. The Hall–Kier alpha value is -1.93.